The molecule has 2 amide bonds. The molecule has 14 heteroatoms. The van der Waals surface area contributed by atoms with E-state index in [1.54, 1.807) is 55.6 Å². The summed E-state index contributed by atoms with van der Waals surface area (Å²) in [6.07, 6.45) is 4.88. The number of amides is 2. The molecular formula is C36H43N7O7. The lowest BCUT2D eigenvalue weighted by atomic mass is 10.1. The lowest BCUT2D eigenvalue weighted by Gasteiger charge is -2.21. The topological polar surface area (TPSA) is 180 Å². The standard InChI is InChI=1S/C36H43N7O7/c1-4-6-7-10-21-48-36(47)41-34(37)25-12-15-27(16-13-25)39-23-31-40-28-22-26(14-17-29(28)42(31)3)35(46)43(30-11-8-9-19-38-30)20-18-33(45)50-24-49-32(44)5-2/h8-9,11-17,19,22,39H,4-7,10,18,20-21,23-24H2,1-3H3,(H2,37,41,47). The number of esters is 2. The van der Waals surface area contributed by atoms with E-state index in [0.29, 0.717) is 35.6 Å². The van der Waals surface area contributed by atoms with Gasteiger partial charge in [0, 0.05) is 43.0 Å². The van der Waals surface area contributed by atoms with Crippen LogP contribution >= 0.6 is 0 Å². The molecule has 4 rings (SSSR count). The lowest BCUT2D eigenvalue weighted by molar-refractivity contribution is -0.166. The number of rotatable bonds is 17. The summed E-state index contributed by atoms with van der Waals surface area (Å²) in [7, 11) is 1.89. The highest BCUT2D eigenvalue weighted by molar-refractivity contribution is 6.07. The van der Waals surface area contributed by atoms with Crippen LogP contribution in [-0.2, 0) is 37.4 Å². The molecule has 0 atom stereocenters. The van der Waals surface area contributed by atoms with Crippen molar-refractivity contribution in [2.24, 2.45) is 17.8 Å². The molecule has 0 aliphatic carbocycles. The predicted molar refractivity (Wildman–Crippen MR) is 189 cm³/mol. The van der Waals surface area contributed by atoms with Gasteiger partial charge in [0.25, 0.3) is 5.91 Å². The van der Waals surface area contributed by atoms with Gasteiger partial charge in [0.15, 0.2) is 0 Å². The smallest absolute Gasteiger partial charge is 0.435 e. The second kappa shape index (κ2) is 18.7. The summed E-state index contributed by atoms with van der Waals surface area (Å²) in [6, 6.07) is 17.5. The number of ether oxygens (including phenoxy) is 3. The third-order valence-electron chi connectivity index (χ3n) is 7.73. The van der Waals surface area contributed by atoms with E-state index in [-0.39, 0.29) is 31.1 Å². The predicted octanol–water partition coefficient (Wildman–Crippen LogP) is 5.49. The summed E-state index contributed by atoms with van der Waals surface area (Å²) in [5, 5.41) is 3.33. The Morgan fingerprint density at radius 1 is 0.920 bits per heavy atom. The van der Waals surface area contributed by atoms with Gasteiger partial charge in [-0.2, -0.15) is 4.99 Å². The zero-order valence-electron chi connectivity index (χ0n) is 28.6. The average molecular weight is 686 g/mol. The fourth-order valence-electron chi connectivity index (χ4n) is 4.89. The molecule has 2 heterocycles. The van der Waals surface area contributed by atoms with E-state index in [1.165, 1.54) is 4.90 Å². The van der Waals surface area contributed by atoms with Crippen LogP contribution in [0.25, 0.3) is 11.0 Å². The molecule has 264 valence electrons. The Bertz CT molecular complexity index is 1790. The first kappa shape index (κ1) is 37.0. The number of amidine groups is 1. The number of fused-ring (bicyclic) bond motifs is 1. The van der Waals surface area contributed by atoms with E-state index in [1.807, 2.05) is 29.8 Å². The second-order valence-electron chi connectivity index (χ2n) is 11.3. The Kier molecular flexibility index (Phi) is 13.8. The number of unbranched alkanes of at least 4 members (excludes halogenated alkanes) is 3. The fraction of sp³-hybridized carbons (Fsp3) is 0.361. The summed E-state index contributed by atoms with van der Waals surface area (Å²) >= 11 is 0. The maximum absolute atomic E-state index is 13.7. The number of nitrogens with two attached hydrogens (primary N) is 1. The van der Waals surface area contributed by atoms with E-state index < -0.39 is 24.8 Å². The molecule has 0 aliphatic rings. The van der Waals surface area contributed by atoms with Crippen LogP contribution < -0.4 is 16.0 Å². The number of carbonyl (C=O) groups excluding carboxylic acids is 4. The first-order valence-electron chi connectivity index (χ1n) is 16.5. The highest BCUT2D eigenvalue weighted by Crippen LogP contribution is 2.21. The van der Waals surface area contributed by atoms with Crippen molar-refractivity contribution in [3.05, 3.63) is 83.8 Å². The summed E-state index contributed by atoms with van der Waals surface area (Å²) in [5.74, 6) is -0.312. The molecule has 0 saturated heterocycles. The van der Waals surface area contributed by atoms with E-state index >= 15 is 0 Å². The lowest BCUT2D eigenvalue weighted by Crippen LogP contribution is -2.34. The van der Waals surface area contributed by atoms with E-state index in [2.05, 4.69) is 22.2 Å². The van der Waals surface area contributed by atoms with Crippen LogP contribution in [-0.4, -0.2) is 64.3 Å². The Morgan fingerprint density at radius 3 is 2.40 bits per heavy atom. The molecule has 0 fully saturated rings. The van der Waals surface area contributed by atoms with E-state index in [9.17, 15) is 19.2 Å². The number of aryl methyl sites for hydroxylation is 1. The zero-order chi connectivity index (χ0) is 35.9. The van der Waals surface area contributed by atoms with Gasteiger partial charge in [-0.3, -0.25) is 19.3 Å². The van der Waals surface area contributed by atoms with Gasteiger partial charge in [-0.25, -0.2) is 14.8 Å². The van der Waals surface area contributed by atoms with Crippen molar-refractivity contribution in [1.29, 1.82) is 0 Å². The van der Waals surface area contributed by atoms with Crippen molar-refractivity contribution in [2.45, 2.75) is 58.9 Å². The molecule has 0 spiro atoms. The second-order valence-corrected chi connectivity index (χ2v) is 11.3. The number of carbonyl (C=O) groups is 4. The molecule has 50 heavy (non-hydrogen) atoms. The molecule has 0 unspecified atom stereocenters. The van der Waals surface area contributed by atoms with Crippen molar-refractivity contribution in [1.82, 2.24) is 14.5 Å². The number of pyridine rings is 1. The van der Waals surface area contributed by atoms with Gasteiger partial charge < -0.3 is 29.8 Å². The summed E-state index contributed by atoms with van der Waals surface area (Å²) in [6.45, 7) is 3.97. The van der Waals surface area contributed by atoms with E-state index in [4.69, 9.17) is 24.9 Å². The highest BCUT2D eigenvalue weighted by atomic mass is 16.7. The number of aliphatic imine (C=N–C) groups is 1. The maximum Gasteiger partial charge on any atom is 0.435 e. The van der Waals surface area contributed by atoms with Crippen molar-refractivity contribution >= 4 is 52.3 Å². The molecule has 2 aromatic heterocycles. The molecule has 0 saturated carbocycles. The van der Waals surface area contributed by atoms with Gasteiger partial charge in [-0.15, -0.1) is 0 Å². The number of hydrogen-bond donors (Lipinski definition) is 2. The largest absolute Gasteiger partial charge is 0.448 e. The van der Waals surface area contributed by atoms with Crippen molar-refractivity contribution in [3.8, 4) is 0 Å². The fourth-order valence-corrected chi connectivity index (χ4v) is 4.89. The number of nitrogens with zero attached hydrogens (tertiary/aromatic N) is 5. The number of nitrogens with one attached hydrogen (secondary N) is 1. The van der Waals surface area contributed by atoms with Crippen molar-refractivity contribution < 1.29 is 33.4 Å². The van der Waals surface area contributed by atoms with Gasteiger partial charge in [0.05, 0.1) is 30.6 Å². The van der Waals surface area contributed by atoms with Crippen LogP contribution in [0, 0.1) is 0 Å². The number of benzene rings is 2. The van der Waals surface area contributed by atoms with Gasteiger partial charge in [0.1, 0.15) is 17.5 Å². The number of aromatic nitrogens is 3. The monoisotopic (exact) mass is 685 g/mol. The average Bonchev–Trinajstić information content (AvgIpc) is 3.45. The van der Waals surface area contributed by atoms with Crippen molar-refractivity contribution in [3.63, 3.8) is 0 Å². The van der Waals surface area contributed by atoms with E-state index in [0.717, 1.165) is 42.7 Å². The number of hydrogen-bond acceptors (Lipinski definition) is 10. The molecular weight excluding hydrogens is 642 g/mol. The molecule has 4 aromatic rings. The zero-order valence-corrected chi connectivity index (χ0v) is 28.6. The first-order chi connectivity index (χ1) is 24.2. The Hall–Kier alpha value is -5.79. The quantitative estimate of drug-likeness (QED) is 0.0471. The van der Waals surface area contributed by atoms with Crippen molar-refractivity contribution in [2.75, 3.05) is 30.2 Å². The third-order valence-corrected chi connectivity index (χ3v) is 7.73. The molecule has 14 nitrogen and oxygen atoms in total. The van der Waals surface area contributed by atoms with Crippen LogP contribution in [0.2, 0.25) is 0 Å². The minimum absolute atomic E-state index is 0.00860. The van der Waals surface area contributed by atoms with Crippen LogP contribution in [0.5, 0.6) is 0 Å². The van der Waals surface area contributed by atoms with Gasteiger partial charge in [-0.05, 0) is 61.0 Å². The van der Waals surface area contributed by atoms with Crippen LogP contribution in [0.1, 0.15) is 74.1 Å². The van der Waals surface area contributed by atoms with Crippen LogP contribution in [0.4, 0.5) is 16.3 Å². The van der Waals surface area contributed by atoms with Gasteiger partial charge in [0.2, 0.25) is 6.79 Å². The normalized spacial score (nSPS) is 11.2. The Balaban J connectivity index is 1.39. The third kappa shape index (κ3) is 10.6. The molecule has 3 N–H and O–H groups in total. The van der Waals surface area contributed by atoms with Gasteiger partial charge >= 0.3 is 18.0 Å². The Labute approximate surface area is 290 Å². The Morgan fingerprint density at radius 2 is 1.68 bits per heavy atom. The molecule has 0 radical (unpaired) electrons. The number of imidazole rings is 1. The van der Waals surface area contributed by atoms with Gasteiger partial charge in [-0.1, -0.05) is 39.2 Å². The molecule has 2 aromatic carbocycles. The summed E-state index contributed by atoms with van der Waals surface area (Å²) in [5.41, 5.74) is 9.22. The minimum Gasteiger partial charge on any atom is -0.448 e. The molecule has 0 aliphatic heterocycles. The SMILES string of the molecule is CCCCCCOC(=O)/N=C(/N)c1ccc(NCc2nc3cc(C(=O)N(CCC(=O)OCOC(=O)CC)c4ccccn4)ccc3n2C)cc1. The van der Waals surface area contributed by atoms with Crippen LogP contribution in [0.3, 0.4) is 0 Å². The highest BCUT2D eigenvalue weighted by Gasteiger charge is 2.22. The molecule has 0 bridgehead atoms. The maximum atomic E-state index is 13.7. The first-order valence-corrected chi connectivity index (χ1v) is 16.5. The minimum atomic E-state index is -0.703. The van der Waals surface area contributed by atoms with Crippen LogP contribution in [0.15, 0.2) is 71.9 Å². The summed E-state index contributed by atoms with van der Waals surface area (Å²) in [4.78, 5) is 63.6. The summed E-state index contributed by atoms with van der Waals surface area (Å²) < 4.78 is 16.8. The number of anilines is 2.